The molecular formula is C20H18N2O2. The minimum atomic E-state index is -0.320. The fraction of sp³-hybridized carbons (Fsp3) is 0.200. The number of amides is 1. The predicted octanol–water partition coefficient (Wildman–Crippen LogP) is 3.05. The Morgan fingerprint density at radius 2 is 1.92 bits per heavy atom. The molecule has 2 heterocycles. The van der Waals surface area contributed by atoms with E-state index >= 15 is 0 Å². The Hall–Kier alpha value is -2.88. The highest BCUT2D eigenvalue weighted by Crippen LogP contribution is 2.24. The van der Waals surface area contributed by atoms with Crippen LogP contribution in [0.15, 0.2) is 59.5 Å². The highest BCUT2D eigenvalue weighted by atomic mass is 16.2. The van der Waals surface area contributed by atoms with Crippen molar-refractivity contribution in [1.82, 2.24) is 9.88 Å². The Morgan fingerprint density at radius 3 is 2.71 bits per heavy atom. The number of aromatic nitrogens is 1. The fourth-order valence-electron chi connectivity index (χ4n) is 3.42. The van der Waals surface area contributed by atoms with Gasteiger partial charge in [-0.05, 0) is 30.5 Å². The average molecular weight is 318 g/mol. The van der Waals surface area contributed by atoms with Crippen LogP contribution >= 0.6 is 0 Å². The van der Waals surface area contributed by atoms with Gasteiger partial charge in [0.2, 0.25) is 5.43 Å². The summed E-state index contributed by atoms with van der Waals surface area (Å²) < 4.78 is 2.02. The van der Waals surface area contributed by atoms with E-state index in [-0.39, 0.29) is 22.9 Å². The third kappa shape index (κ3) is 2.31. The van der Waals surface area contributed by atoms with Crippen molar-refractivity contribution in [2.45, 2.75) is 25.9 Å². The fourth-order valence-corrected chi connectivity index (χ4v) is 3.42. The summed E-state index contributed by atoms with van der Waals surface area (Å²) in [5.74, 6) is -0.320. The smallest absolute Gasteiger partial charge is 0.257 e. The molecule has 2 aromatic carbocycles. The van der Waals surface area contributed by atoms with Crippen molar-refractivity contribution in [2.75, 3.05) is 0 Å². The molecule has 1 aromatic heterocycles. The summed E-state index contributed by atoms with van der Waals surface area (Å²) in [5, 5.41) is 3.56. The molecule has 1 aliphatic heterocycles. The lowest BCUT2D eigenvalue weighted by Crippen LogP contribution is -2.31. The summed E-state index contributed by atoms with van der Waals surface area (Å²) in [7, 11) is 0. The first kappa shape index (κ1) is 14.7. The largest absolute Gasteiger partial charge is 0.346 e. The lowest BCUT2D eigenvalue weighted by molar-refractivity contribution is 0.0938. The predicted molar refractivity (Wildman–Crippen MR) is 94.2 cm³/mol. The maximum absolute atomic E-state index is 12.7. The third-order valence-corrected chi connectivity index (χ3v) is 4.69. The Morgan fingerprint density at radius 1 is 1.12 bits per heavy atom. The second kappa shape index (κ2) is 5.64. The van der Waals surface area contributed by atoms with Crippen LogP contribution in [-0.2, 0) is 13.0 Å². The van der Waals surface area contributed by atoms with Crippen molar-refractivity contribution in [3.05, 3.63) is 81.6 Å². The Kier molecular flexibility index (Phi) is 3.45. The normalized spacial score (nSPS) is 13.9. The van der Waals surface area contributed by atoms with Crippen LogP contribution in [0.2, 0.25) is 0 Å². The minimum absolute atomic E-state index is 0.154. The maximum Gasteiger partial charge on any atom is 0.257 e. The van der Waals surface area contributed by atoms with Gasteiger partial charge in [0, 0.05) is 18.1 Å². The van der Waals surface area contributed by atoms with Crippen molar-refractivity contribution in [2.24, 2.45) is 0 Å². The van der Waals surface area contributed by atoms with E-state index in [1.807, 2.05) is 54.0 Å². The van der Waals surface area contributed by atoms with E-state index in [1.165, 1.54) is 5.56 Å². The summed E-state index contributed by atoms with van der Waals surface area (Å²) in [6.07, 6.45) is 2.61. The molecule has 120 valence electrons. The molecule has 0 aliphatic carbocycles. The molecule has 0 radical (unpaired) electrons. The standard InChI is InChI=1S/C20H18N2O2/c1-13(14-6-3-2-4-7-14)21-20(24)17-12-22-11-10-15-8-5-9-16(18(15)22)19(17)23/h2-9,12-13H,10-11H2,1H3,(H,21,24). The minimum Gasteiger partial charge on any atom is -0.346 e. The zero-order chi connectivity index (χ0) is 16.7. The molecule has 1 amide bonds. The number of hydrogen-bond acceptors (Lipinski definition) is 2. The molecule has 0 fully saturated rings. The molecule has 0 saturated carbocycles. The number of hydrogen-bond donors (Lipinski definition) is 1. The van der Waals surface area contributed by atoms with Crippen molar-refractivity contribution >= 4 is 16.8 Å². The number of para-hydroxylation sites is 1. The van der Waals surface area contributed by atoms with E-state index in [0.717, 1.165) is 24.0 Å². The van der Waals surface area contributed by atoms with Gasteiger partial charge in [0.05, 0.1) is 11.6 Å². The lowest BCUT2D eigenvalue weighted by Gasteiger charge is -2.15. The first-order chi connectivity index (χ1) is 11.6. The second-order valence-corrected chi connectivity index (χ2v) is 6.23. The van der Waals surface area contributed by atoms with Crippen molar-refractivity contribution in [3.63, 3.8) is 0 Å². The van der Waals surface area contributed by atoms with Crippen molar-refractivity contribution < 1.29 is 4.79 Å². The third-order valence-electron chi connectivity index (χ3n) is 4.69. The van der Waals surface area contributed by atoms with Crippen LogP contribution in [0, 0.1) is 0 Å². The van der Waals surface area contributed by atoms with Crippen LogP contribution in [0.4, 0.5) is 0 Å². The first-order valence-corrected chi connectivity index (χ1v) is 8.16. The molecule has 4 nitrogen and oxygen atoms in total. The molecule has 4 heteroatoms. The number of aryl methyl sites for hydroxylation is 2. The zero-order valence-electron chi connectivity index (χ0n) is 13.5. The molecule has 1 atom stereocenters. The summed E-state index contributed by atoms with van der Waals surface area (Å²) >= 11 is 0. The number of carbonyl (C=O) groups excluding carboxylic acids is 1. The number of pyridine rings is 1. The quantitative estimate of drug-likeness (QED) is 0.807. The molecule has 4 rings (SSSR count). The van der Waals surface area contributed by atoms with Crippen molar-refractivity contribution in [3.8, 4) is 0 Å². The highest BCUT2D eigenvalue weighted by Gasteiger charge is 2.21. The number of nitrogens with one attached hydrogen (secondary N) is 1. The van der Waals surface area contributed by atoms with Gasteiger partial charge in [0.25, 0.3) is 5.91 Å². The molecule has 1 unspecified atom stereocenters. The lowest BCUT2D eigenvalue weighted by atomic mass is 10.1. The van der Waals surface area contributed by atoms with Crippen LogP contribution in [0.1, 0.15) is 34.5 Å². The SMILES string of the molecule is CC(NC(=O)c1cn2c3c(cccc3c1=O)CC2)c1ccccc1. The Labute approximate surface area is 139 Å². The van der Waals surface area contributed by atoms with Crippen LogP contribution < -0.4 is 10.7 Å². The molecule has 3 aromatic rings. The number of carbonyl (C=O) groups is 1. The molecule has 0 saturated heterocycles. The van der Waals surface area contributed by atoms with Gasteiger partial charge in [0.15, 0.2) is 0 Å². The number of benzene rings is 2. The van der Waals surface area contributed by atoms with Gasteiger partial charge in [-0.25, -0.2) is 0 Å². The van der Waals surface area contributed by atoms with E-state index in [4.69, 9.17) is 0 Å². The number of nitrogens with zero attached hydrogens (tertiary/aromatic N) is 1. The molecule has 24 heavy (non-hydrogen) atoms. The second-order valence-electron chi connectivity index (χ2n) is 6.23. The van der Waals surface area contributed by atoms with Crippen molar-refractivity contribution in [1.29, 1.82) is 0 Å². The maximum atomic E-state index is 12.7. The topological polar surface area (TPSA) is 51.1 Å². The van der Waals surface area contributed by atoms with E-state index in [1.54, 1.807) is 12.3 Å². The van der Waals surface area contributed by atoms with Gasteiger partial charge in [-0.3, -0.25) is 9.59 Å². The van der Waals surface area contributed by atoms with Crippen LogP contribution in [-0.4, -0.2) is 10.5 Å². The number of rotatable bonds is 3. The first-order valence-electron chi connectivity index (χ1n) is 8.16. The Balaban J connectivity index is 1.72. The van der Waals surface area contributed by atoms with Gasteiger partial charge in [-0.1, -0.05) is 42.5 Å². The molecule has 0 bridgehead atoms. The van der Waals surface area contributed by atoms with Gasteiger partial charge < -0.3 is 9.88 Å². The van der Waals surface area contributed by atoms with Gasteiger partial charge >= 0.3 is 0 Å². The van der Waals surface area contributed by atoms with E-state index in [2.05, 4.69) is 5.32 Å². The van der Waals surface area contributed by atoms with Gasteiger partial charge in [-0.15, -0.1) is 0 Å². The summed E-state index contributed by atoms with van der Waals surface area (Å²) in [6, 6.07) is 15.3. The van der Waals surface area contributed by atoms with Gasteiger partial charge in [-0.2, -0.15) is 0 Å². The highest BCUT2D eigenvalue weighted by molar-refractivity contribution is 5.98. The molecule has 1 N–H and O–H groups in total. The van der Waals surface area contributed by atoms with Crippen LogP contribution in [0.25, 0.3) is 10.9 Å². The van der Waals surface area contributed by atoms with E-state index in [9.17, 15) is 9.59 Å². The van der Waals surface area contributed by atoms with Gasteiger partial charge in [0.1, 0.15) is 5.56 Å². The van der Waals surface area contributed by atoms with E-state index in [0.29, 0.717) is 5.39 Å². The summed E-state index contributed by atoms with van der Waals surface area (Å²) in [6.45, 7) is 2.73. The summed E-state index contributed by atoms with van der Waals surface area (Å²) in [5.41, 5.74) is 3.18. The van der Waals surface area contributed by atoms with E-state index < -0.39 is 0 Å². The van der Waals surface area contributed by atoms with Crippen LogP contribution in [0.5, 0.6) is 0 Å². The zero-order valence-corrected chi connectivity index (χ0v) is 13.5. The van der Waals surface area contributed by atoms with Crippen LogP contribution in [0.3, 0.4) is 0 Å². The Bertz CT molecular complexity index is 990. The average Bonchev–Trinajstić information content (AvgIpc) is 3.03. The summed E-state index contributed by atoms with van der Waals surface area (Å²) in [4.78, 5) is 25.4. The monoisotopic (exact) mass is 318 g/mol. The molecular weight excluding hydrogens is 300 g/mol. The molecule has 1 aliphatic rings. The molecule has 0 spiro atoms.